The first-order chi connectivity index (χ1) is 7.56. The van der Waals surface area contributed by atoms with Crippen LogP contribution in [0.3, 0.4) is 0 Å². The van der Waals surface area contributed by atoms with Gasteiger partial charge in [0.1, 0.15) is 6.04 Å². The van der Waals surface area contributed by atoms with Crippen molar-refractivity contribution in [2.75, 3.05) is 0 Å². The van der Waals surface area contributed by atoms with Crippen LogP contribution in [0, 0.1) is 6.92 Å². The lowest BCUT2D eigenvalue weighted by Gasteiger charge is -2.05. The van der Waals surface area contributed by atoms with Crippen LogP contribution >= 0.6 is 0 Å². The molecule has 1 rings (SSSR count). The van der Waals surface area contributed by atoms with Gasteiger partial charge in [-0.15, -0.1) is 0 Å². The summed E-state index contributed by atoms with van der Waals surface area (Å²) in [5, 5.41) is 8.75. The number of aryl methyl sites for hydroxylation is 1. The van der Waals surface area contributed by atoms with Crippen molar-refractivity contribution in [3.63, 3.8) is 0 Å². The summed E-state index contributed by atoms with van der Waals surface area (Å²) in [5.74, 6) is -0.988. The second kappa shape index (κ2) is 5.32. The summed E-state index contributed by atoms with van der Waals surface area (Å²) in [5.41, 5.74) is 8.38. The van der Waals surface area contributed by atoms with Crippen molar-refractivity contribution >= 4 is 12.0 Å². The highest BCUT2D eigenvalue weighted by Crippen LogP contribution is 2.17. The van der Waals surface area contributed by atoms with Gasteiger partial charge in [-0.1, -0.05) is 24.8 Å². The summed E-state index contributed by atoms with van der Waals surface area (Å²) < 4.78 is 0. The predicted molar refractivity (Wildman–Crippen MR) is 64.1 cm³/mol. The Morgan fingerprint density at radius 1 is 1.75 bits per heavy atom. The lowest BCUT2D eigenvalue weighted by Crippen LogP contribution is -2.32. The Morgan fingerprint density at radius 3 is 3.00 bits per heavy atom. The number of H-pyrrole nitrogens is 1. The predicted octanol–water partition coefficient (Wildman–Crippen LogP) is 1.48. The van der Waals surface area contributed by atoms with E-state index in [2.05, 4.69) is 11.6 Å². The van der Waals surface area contributed by atoms with Gasteiger partial charge in [0.25, 0.3) is 0 Å². The molecule has 0 aliphatic heterocycles. The van der Waals surface area contributed by atoms with Crippen LogP contribution in [-0.2, 0) is 11.2 Å². The summed E-state index contributed by atoms with van der Waals surface area (Å²) in [6.07, 6.45) is 7.49. The molecule has 16 heavy (non-hydrogen) atoms. The highest BCUT2D eigenvalue weighted by atomic mass is 16.4. The van der Waals surface area contributed by atoms with Gasteiger partial charge in [0.15, 0.2) is 0 Å². The minimum Gasteiger partial charge on any atom is -0.480 e. The Hall–Kier alpha value is -1.81. The second-order valence-electron chi connectivity index (χ2n) is 3.60. The van der Waals surface area contributed by atoms with E-state index in [-0.39, 0.29) is 0 Å². The smallest absolute Gasteiger partial charge is 0.320 e. The quantitative estimate of drug-likeness (QED) is 0.657. The average Bonchev–Trinajstić information content (AvgIpc) is 2.57. The van der Waals surface area contributed by atoms with E-state index in [1.807, 2.05) is 19.1 Å². The number of nitrogens with two attached hydrogens (primary N) is 1. The molecule has 1 heterocycles. The van der Waals surface area contributed by atoms with E-state index in [1.165, 1.54) is 0 Å². The standard InChI is InChI=1S/C12H16N2O2/c1-3-4-5-10-8(2)14-7-9(10)6-11(13)12(15)16/h3-5,7,11,14H,1,6,13H2,2H3,(H,15,16). The third-order valence-corrected chi connectivity index (χ3v) is 2.37. The Morgan fingerprint density at radius 2 is 2.44 bits per heavy atom. The zero-order valence-corrected chi connectivity index (χ0v) is 9.23. The molecule has 0 aliphatic rings. The number of carbonyl (C=O) groups is 1. The second-order valence-corrected chi connectivity index (χ2v) is 3.60. The van der Waals surface area contributed by atoms with Gasteiger partial charge in [-0.05, 0) is 18.1 Å². The molecule has 0 aromatic carbocycles. The van der Waals surface area contributed by atoms with Gasteiger partial charge in [-0.2, -0.15) is 0 Å². The van der Waals surface area contributed by atoms with Crippen molar-refractivity contribution in [1.29, 1.82) is 0 Å². The molecule has 1 aromatic heterocycles. The van der Waals surface area contributed by atoms with E-state index in [0.717, 1.165) is 16.8 Å². The Kier molecular flexibility index (Phi) is 4.08. The van der Waals surface area contributed by atoms with Crippen LogP contribution in [0.1, 0.15) is 16.8 Å². The molecule has 86 valence electrons. The summed E-state index contributed by atoms with van der Waals surface area (Å²) in [7, 11) is 0. The normalized spacial score (nSPS) is 12.9. The van der Waals surface area contributed by atoms with Crippen LogP contribution < -0.4 is 5.73 Å². The number of aromatic nitrogens is 1. The van der Waals surface area contributed by atoms with E-state index < -0.39 is 12.0 Å². The Bertz CT molecular complexity index is 419. The van der Waals surface area contributed by atoms with Crippen molar-refractivity contribution in [3.05, 3.63) is 41.7 Å². The topological polar surface area (TPSA) is 79.1 Å². The van der Waals surface area contributed by atoms with E-state index in [0.29, 0.717) is 6.42 Å². The van der Waals surface area contributed by atoms with E-state index in [1.54, 1.807) is 12.3 Å². The zero-order valence-electron chi connectivity index (χ0n) is 9.23. The van der Waals surface area contributed by atoms with Crippen LogP contribution in [0.4, 0.5) is 0 Å². The van der Waals surface area contributed by atoms with E-state index in [9.17, 15) is 4.79 Å². The fourth-order valence-electron chi connectivity index (χ4n) is 1.48. The number of hydrogen-bond acceptors (Lipinski definition) is 2. The molecule has 0 aliphatic carbocycles. The van der Waals surface area contributed by atoms with Gasteiger partial charge in [0.05, 0.1) is 0 Å². The van der Waals surface area contributed by atoms with Crippen LogP contribution in [0.25, 0.3) is 6.08 Å². The van der Waals surface area contributed by atoms with Crippen LogP contribution in [0.15, 0.2) is 24.9 Å². The van der Waals surface area contributed by atoms with Gasteiger partial charge >= 0.3 is 5.97 Å². The molecule has 0 saturated carbocycles. The third-order valence-electron chi connectivity index (χ3n) is 2.37. The van der Waals surface area contributed by atoms with Crippen molar-refractivity contribution < 1.29 is 9.90 Å². The maximum atomic E-state index is 10.7. The molecule has 1 atom stereocenters. The molecule has 4 heteroatoms. The molecule has 0 bridgehead atoms. The number of aromatic amines is 1. The maximum absolute atomic E-state index is 10.7. The molecule has 0 spiro atoms. The van der Waals surface area contributed by atoms with E-state index in [4.69, 9.17) is 10.8 Å². The van der Waals surface area contributed by atoms with Gasteiger partial charge in [0, 0.05) is 18.3 Å². The minimum atomic E-state index is -0.988. The van der Waals surface area contributed by atoms with Crippen molar-refractivity contribution in [3.8, 4) is 0 Å². The Labute approximate surface area is 94.5 Å². The third kappa shape index (κ3) is 2.84. The lowest BCUT2D eigenvalue weighted by molar-refractivity contribution is -0.138. The number of rotatable bonds is 5. The number of carboxylic acids is 1. The number of carboxylic acid groups (broad SMARTS) is 1. The maximum Gasteiger partial charge on any atom is 0.320 e. The van der Waals surface area contributed by atoms with Crippen LogP contribution in [-0.4, -0.2) is 22.1 Å². The molecule has 0 radical (unpaired) electrons. The Balaban J connectivity index is 2.92. The summed E-state index contributed by atoms with van der Waals surface area (Å²) in [6, 6.07) is -0.869. The van der Waals surface area contributed by atoms with Gasteiger partial charge in [-0.25, -0.2) is 0 Å². The largest absolute Gasteiger partial charge is 0.480 e. The highest BCUT2D eigenvalue weighted by Gasteiger charge is 2.15. The summed E-state index contributed by atoms with van der Waals surface area (Å²) in [4.78, 5) is 13.7. The molecular formula is C12H16N2O2. The van der Waals surface area contributed by atoms with Crippen LogP contribution in [0.5, 0.6) is 0 Å². The van der Waals surface area contributed by atoms with Crippen molar-refractivity contribution in [2.45, 2.75) is 19.4 Å². The average molecular weight is 220 g/mol. The van der Waals surface area contributed by atoms with Crippen LogP contribution in [0.2, 0.25) is 0 Å². The number of allylic oxidation sites excluding steroid dienone is 2. The molecule has 1 unspecified atom stereocenters. The lowest BCUT2D eigenvalue weighted by atomic mass is 10.0. The van der Waals surface area contributed by atoms with Gasteiger partial charge in [0.2, 0.25) is 0 Å². The van der Waals surface area contributed by atoms with Gasteiger partial charge in [-0.3, -0.25) is 4.79 Å². The SMILES string of the molecule is C=CC=Cc1c(CC(N)C(=O)O)c[nH]c1C. The molecule has 4 nitrogen and oxygen atoms in total. The fourth-order valence-corrected chi connectivity index (χ4v) is 1.48. The molecule has 1 aromatic rings. The highest BCUT2D eigenvalue weighted by molar-refractivity contribution is 5.74. The summed E-state index contributed by atoms with van der Waals surface area (Å²) in [6.45, 7) is 5.52. The van der Waals surface area contributed by atoms with E-state index >= 15 is 0 Å². The van der Waals surface area contributed by atoms with Gasteiger partial charge < -0.3 is 15.8 Å². The number of aliphatic carboxylic acids is 1. The summed E-state index contributed by atoms with van der Waals surface area (Å²) >= 11 is 0. The molecular weight excluding hydrogens is 204 g/mol. The molecule has 4 N–H and O–H groups in total. The van der Waals surface area contributed by atoms with Crippen molar-refractivity contribution in [2.24, 2.45) is 5.73 Å². The first-order valence-electron chi connectivity index (χ1n) is 5.00. The monoisotopic (exact) mass is 220 g/mol. The zero-order chi connectivity index (χ0) is 12.1. The number of hydrogen-bond donors (Lipinski definition) is 3. The molecule has 0 fully saturated rings. The fraction of sp³-hybridized carbons (Fsp3) is 0.250. The van der Waals surface area contributed by atoms with Crippen molar-refractivity contribution in [1.82, 2.24) is 4.98 Å². The first-order valence-corrected chi connectivity index (χ1v) is 5.00. The minimum absolute atomic E-state index is 0.316. The number of nitrogens with one attached hydrogen (secondary N) is 1. The molecule has 0 amide bonds. The molecule has 0 saturated heterocycles. The first kappa shape index (κ1) is 12.3.